The Labute approximate surface area is 179 Å². The van der Waals surface area contributed by atoms with Gasteiger partial charge < -0.3 is 14.8 Å². The topological polar surface area (TPSA) is 96.9 Å². The number of amides is 2. The average molecular weight is 421 g/mol. The second-order valence-corrected chi connectivity index (χ2v) is 8.24. The van der Waals surface area contributed by atoms with Crippen LogP contribution < -0.4 is 10.8 Å². The van der Waals surface area contributed by atoms with Gasteiger partial charge in [-0.25, -0.2) is 5.48 Å². The number of hydrogen-bond acceptors (Lipinski definition) is 5. The van der Waals surface area contributed by atoms with E-state index in [1.807, 2.05) is 37.3 Å². The number of nitrogens with one attached hydrogen (secondary N) is 2. The Bertz CT molecular complexity index is 632. The number of hydrogen-bond donors (Lipinski definition) is 3. The Morgan fingerprint density at radius 1 is 1.13 bits per heavy atom. The van der Waals surface area contributed by atoms with Gasteiger partial charge in [-0.05, 0) is 56.9 Å². The minimum atomic E-state index is -0.496. The summed E-state index contributed by atoms with van der Waals surface area (Å²) in [5, 5.41) is 12.3. The molecule has 0 aromatic heterocycles. The molecule has 0 heterocycles. The van der Waals surface area contributed by atoms with E-state index < -0.39 is 11.8 Å². The lowest BCUT2D eigenvalue weighted by Gasteiger charge is -2.29. The highest BCUT2D eigenvalue weighted by Crippen LogP contribution is 2.28. The number of hydroxylamine groups is 1. The van der Waals surface area contributed by atoms with Gasteiger partial charge in [-0.2, -0.15) is 0 Å². The summed E-state index contributed by atoms with van der Waals surface area (Å²) in [6.07, 6.45) is 4.74. The van der Waals surface area contributed by atoms with Crippen molar-refractivity contribution in [2.45, 2.75) is 58.4 Å². The van der Waals surface area contributed by atoms with E-state index in [4.69, 9.17) is 9.47 Å². The number of rotatable bonds is 12. The van der Waals surface area contributed by atoms with E-state index in [1.54, 1.807) is 5.48 Å². The van der Waals surface area contributed by atoms with Crippen LogP contribution in [0.25, 0.3) is 0 Å². The van der Waals surface area contributed by atoms with Gasteiger partial charge in [0, 0.05) is 18.4 Å². The van der Waals surface area contributed by atoms with Gasteiger partial charge in [0.15, 0.2) is 0 Å². The van der Waals surface area contributed by atoms with Gasteiger partial charge in [-0.1, -0.05) is 37.3 Å². The molecule has 2 atom stereocenters. The summed E-state index contributed by atoms with van der Waals surface area (Å²) < 4.78 is 10.8. The Kier molecular flexibility index (Phi) is 10.8. The third kappa shape index (κ3) is 8.42. The van der Waals surface area contributed by atoms with Gasteiger partial charge in [-0.15, -0.1) is 0 Å². The van der Waals surface area contributed by atoms with E-state index in [-0.39, 0.29) is 31.3 Å². The molecule has 2 amide bonds. The molecule has 168 valence electrons. The van der Waals surface area contributed by atoms with Crippen molar-refractivity contribution in [3.05, 3.63) is 35.9 Å². The molecule has 0 radical (unpaired) electrons. The molecule has 30 heavy (non-hydrogen) atoms. The van der Waals surface area contributed by atoms with E-state index >= 15 is 0 Å². The zero-order chi connectivity index (χ0) is 21.8. The summed E-state index contributed by atoms with van der Waals surface area (Å²) in [4.78, 5) is 25.1. The number of ether oxygens (including phenoxy) is 2. The monoisotopic (exact) mass is 420 g/mol. The van der Waals surface area contributed by atoms with Crippen molar-refractivity contribution in [2.24, 2.45) is 17.8 Å². The van der Waals surface area contributed by atoms with Gasteiger partial charge >= 0.3 is 0 Å². The average Bonchev–Trinajstić information content (AvgIpc) is 2.76. The number of carbonyl (C=O) groups excluding carboxylic acids is 2. The maximum Gasteiger partial charge on any atom is 0.246 e. The molecule has 1 saturated carbocycles. The van der Waals surface area contributed by atoms with Crippen LogP contribution in [0.5, 0.6) is 0 Å². The second-order valence-electron chi connectivity index (χ2n) is 8.24. The van der Waals surface area contributed by atoms with Crippen molar-refractivity contribution < 1.29 is 24.3 Å². The highest BCUT2D eigenvalue weighted by Gasteiger charge is 2.29. The first-order valence-electron chi connectivity index (χ1n) is 11.0. The smallest absolute Gasteiger partial charge is 0.246 e. The lowest BCUT2D eigenvalue weighted by Crippen LogP contribution is -2.45. The van der Waals surface area contributed by atoms with Crippen molar-refractivity contribution in [2.75, 3.05) is 20.0 Å². The standard InChI is InChI=1S/C23H36N2O5/c1-3-29-16-30-15-21(24-22(26)19-11-9-17(2)10-12-19)14-20(23(27)25-28)13-18-7-5-4-6-8-18/h4-8,17,19-21,28H,3,9-16H2,1-2H3,(H,24,26)(H,25,27). The quantitative estimate of drug-likeness (QED) is 0.209. The lowest BCUT2D eigenvalue weighted by atomic mass is 9.82. The van der Waals surface area contributed by atoms with Crippen molar-refractivity contribution in [1.29, 1.82) is 0 Å². The van der Waals surface area contributed by atoms with Gasteiger partial charge in [0.25, 0.3) is 0 Å². The van der Waals surface area contributed by atoms with Crippen LogP contribution in [0, 0.1) is 17.8 Å². The molecular weight excluding hydrogens is 384 g/mol. The Hall–Kier alpha value is -1.96. The van der Waals surface area contributed by atoms with E-state index in [9.17, 15) is 14.8 Å². The van der Waals surface area contributed by atoms with Crippen LogP contribution in [0.3, 0.4) is 0 Å². The van der Waals surface area contributed by atoms with Crippen LogP contribution >= 0.6 is 0 Å². The fraction of sp³-hybridized carbons (Fsp3) is 0.652. The third-order valence-corrected chi connectivity index (χ3v) is 5.80. The fourth-order valence-electron chi connectivity index (χ4n) is 3.96. The van der Waals surface area contributed by atoms with Crippen molar-refractivity contribution in [3.63, 3.8) is 0 Å². The second kappa shape index (κ2) is 13.4. The number of benzene rings is 1. The molecule has 7 nitrogen and oxygen atoms in total. The van der Waals surface area contributed by atoms with E-state index in [0.29, 0.717) is 25.4 Å². The van der Waals surface area contributed by atoms with Gasteiger partial charge in [0.1, 0.15) is 6.79 Å². The van der Waals surface area contributed by atoms with E-state index in [2.05, 4.69) is 12.2 Å². The summed E-state index contributed by atoms with van der Waals surface area (Å²) in [6, 6.07) is 9.29. The summed E-state index contributed by atoms with van der Waals surface area (Å²) in [5.41, 5.74) is 2.76. The molecule has 1 aliphatic carbocycles. The predicted octanol–water partition coefficient (Wildman–Crippen LogP) is 3.06. The van der Waals surface area contributed by atoms with Crippen LogP contribution in [0.4, 0.5) is 0 Å². The molecule has 0 aliphatic heterocycles. The molecule has 2 rings (SSSR count). The summed E-state index contributed by atoms with van der Waals surface area (Å²) in [6.45, 7) is 5.04. The lowest BCUT2D eigenvalue weighted by molar-refractivity contribution is -0.135. The summed E-state index contributed by atoms with van der Waals surface area (Å²) in [7, 11) is 0. The molecule has 3 N–H and O–H groups in total. The van der Waals surface area contributed by atoms with Gasteiger partial charge in [0.05, 0.1) is 12.6 Å². The van der Waals surface area contributed by atoms with Crippen molar-refractivity contribution in [3.8, 4) is 0 Å². The maximum absolute atomic E-state index is 12.8. The third-order valence-electron chi connectivity index (χ3n) is 5.80. The van der Waals surface area contributed by atoms with Gasteiger partial charge in [0.2, 0.25) is 11.8 Å². The first kappa shape index (κ1) is 24.3. The van der Waals surface area contributed by atoms with Crippen LogP contribution in [-0.4, -0.2) is 43.1 Å². The highest BCUT2D eigenvalue weighted by molar-refractivity contribution is 5.80. The van der Waals surface area contributed by atoms with Gasteiger partial charge in [-0.3, -0.25) is 14.8 Å². The molecule has 0 bridgehead atoms. The summed E-state index contributed by atoms with van der Waals surface area (Å²) >= 11 is 0. The minimum absolute atomic E-state index is 0.00911. The molecular formula is C23H36N2O5. The van der Waals surface area contributed by atoms with Crippen LogP contribution in [-0.2, 0) is 25.5 Å². The molecule has 7 heteroatoms. The Morgan fingerprint density at radius 3 is 2.47 bits per heavy atom. The molecule has 1 fully saturated rings. The zero-order valence-electron chi connectivity index (χ0n) is 18.1. The van der Waals surface area contributed by atoms with Crippen molar-refractivity contribution >= 4 is 11.8 Å². The van der Waals surface area contributed by atoms with E-state index in [0.717, 1.165) is 31.2 Å². The molecule has 0 spiro atoms. The molecule has 0 saturated heterocycles. The van der Waals surface area contributed by atoms with Crippen LogP contribution in [0.2, 0.25) is 0 Å². The summed E-state index contributed by atoms with van der Waals surface area (Å²) in [5.74, 6) is -0.258. The SMILES string of the molecule is CCOCOCC(CC(Cc1ccccc1)C(=O)NO)NC(=O)C1CCC(C)CC1. The normalized spacial score (nSPS) is 20.9. The molecule has 1 aliphatic rings. The van der Waals surface area contributed by atoms with Crippen LogP contribution in [0.15, 0.2) is 30.3 Å². The minimum Gasteiger partial charge on any atom is -0.356 e. The Morgan fingerprint density at radius 2 is 1.83 bits per heavy atom. The zero-order valence-corrected chi connectivity index (χ0v) is 18.1. The maximum atomic E-state index is 12.8. The fourth-order valence-corrected chi connectivity index (χ4v) is 3.96. The number of carbonyl (C=O) groups is 2. The predicted molar refractivity (Wildman–Crippen MR) is 114 cm³/mol. The van der Waals surface area contributed by atoms with Crippen LogP contribution in [0.1, 0.15) is 51.5 Å². The molecule has 1 aromatic carbocycles. The molecule has 2 unspecified atom stereocenters. The highest BCUT2D eigenvalue weighted by atomic mass is 16.7. The first-order chi connectivity index (χ1) is 14.5. The van der Waals surface area contributed by atoms with Crippen molar-refractivity contribution in [1.82, 2.24) is 10.8 Å². The Balaban J connectivity index is 2.02. The van der Waals surface area contributed by atoms with E-state index in [1.165, 1.54) is 0 Å². The first-order valence-corrected chi connectivity index (χ1v) is 11.0. The largest absolute Gasteiger partial charge is 0.356 e. The molecule has 1 aromatic rings.